The Bertz CT molecular complexity index is 1250. The lowest BCUT2D eigenvalue weighted by molar-refractivity contribution is -0.138. The lowest BCUT2D eigenvalue weighted by Crippen LogP contribution is -2.37. The predicted molar refractivity (Wildman–Crippen MR) is 134 cm³/mol. The minimum absolute atomic E-state index is 0.126. The zero-order valence-electron chi connectivity index (χ0n) is 20.3. The number of piperidine rings is 1. The van der Waals surface area contributed by atoms with Gasteiger partial charge in [0, 0.05) is 49.2 Å². The fourth-order valence-corrected chi connectivity index (χ4v) is 5.11. The first-order valence-electron chi connectivity index (χ1n) is 12.5. The summed E-state index contributed by atoms with van der Waals surface area (Å²) in [5.74, 6) is -0.221. The number of benzene rings is 1. The van der Waals surface area contributed by atoms with Crippen molar-refractivity contribution >= 4 is 11.7 Å². The zero-order valence-corrected chi connectivity index (χ0v) is 20.3. The topological polar surface area (TPSA) is 101 Å². The summed E-state index contributed by atoms with van der Waals surface area (Å²) in [6, 6.07) is 7.46. The maximum absolute atomic E-state index is 13.3. The first kappa shape index (κ1) is 25.2. The molecule has 1 aromatic carbocycles. The molecule has 196 valence electrons. The Morgan fingerprint density at radius 2 is 1.92 bits per heavy atom. The number of nitrogens with one attached hydrogen (secondary N) is 2. The van der Waals surface area contributed by atoms with Crippen LogP contribution in [0.3, 0.4) is 0 Å². The van der Waals surface area contributed by atoms with E-state index in [4.69, 9.17) is 5.73 Å². The van der Waals surface area contributed by atoms with E-state index in [9.17, 15) is 18.0 Å². The number of anilines is 1. The molecule has 8 nitrogen and oxygen atoms in total. The molecule has 11 heteroatoms. The maximum Gasteiger partial charge on any atom is 0.416 e. The summed E-state index contributed by atoms with van der Waals surface area (Å²) in [5.41, 5.74) is 7.52. The number of aromatic nitrogens is 3. The van der Waals surface area contributed by atoms with Crippen LogP contribution < -0.4 is 16.4 Å². The largest absolute Gasteiger partial charge is 0.416 e. The van der Waals surface area contributed by atoms with Crippen LogP contribution in [-0.4, -0.2) is 57.8 Å². The number of hydrogen-bond acceptors (Lipinski definition) is 6. The van der Waals surface area contributed by atoms with E-state index >= 15 is 0 Å². The van der Waals surface area contributed by atoms with Crippen molar-refractivity contribution in [2.45, 2.75) is 44.1 Å². The number of nitrogen functional groups attached to an aromatic ring is 1. The SMILES string of the molecule is Nc1ncc(-c2cnn(C3CCNCC3)c2)cc1C(=O)N[C@@H]1CCN(Cc2ccccc2C(F)(F)F)C1. The summed E-state index contributed by atoms with van der Waals surface area (Å²) in [6.45, 7) is 3.12. The van der Waals surface area contributed by atoms with Crippen molar-refractivity contribution in [3.63, 3.8) is 0 Å². The Kier molecular flexibility index (Phi) is 7.16. The molecular weight excluding hydrogens is 483 g/mol. The summed E-state index contributed by atoms with van der Waals surface area (Å²) in [5, 5.41) is 10.8. The molecule has 2 saturated heterocycles. The van der Waals surface area contributed by atoms with E-state index in [2.05, 4.69) is 20.7 Å². The highest BCUT2D eigenvalue weighted by atomic mass is 19.4. The van der Waals surface area contributed by atoms with Crippen molar-refractivity contribution in [1.82, 2.24) is 30.3 Å². The zero-order chi connectivity index (χ0) is 26.0. The summed E-state index contributed by atoms with van der Waals surface area (Å²) < 4.78 is 42.0. The quantitative estimate of drug-likeness (QED) is 0.467. The van der Waals surface area contributed by atoms with Crippen LogP contribution in [-0.2, 0) is 12.7 Å². The number of pyridine rings is 1. The summed E-state index contributed by atoms with van der Waals surface area (Å²) >= 11 is 0. The fraction of sp³-hybridized carbons (Fsp3) is 0.423. The van der Waals surface area contributed by atoms with Crippen LogP contribution in [0.2, 0.25) is 0 Å². The van der Waals surface area contributed by atoms with E-state index in [0.717, 1.165) is 43.1 Å². The van der Waals surface area contributed by atoms with Gasteiger partial charge >= 0.3 is 6.18 Å². The molecule has 1 amide bonds. The van der Waals surface area contributed by atoms with E-state index in [-0.39, 0.29) is 35.4 Å². The molecule has 0 radical (unpaired) electrons. The van der Waals surface area contributed by atoms with Gasteiger partial charge in [0.1, 0.15) is 5.82 Å². The fourth-order valence-electron chi connectivity index (χ4n) is 5.11. The number of hydrogen-bond donors (Lipinski definition) is 3. The third-order valence-corrected chi connectivity index (χ3v) is 7.11. The molecule has 1 atom stereocenters. The Morgan fingerprint density at radius 1 is 1.14 bits per heavy atom. The van der Waals surface area contributed by atoms with Crippen LogP contribution in [0, 0.1) is 0 Å². The standard InChI is InChI=1S/C26H30F3N7O/c27-26(28,29)23-4-2-1-3-17(23)14-35-10-7-20(16-35)34-25(37)22-11-18(12-32-24(22)30)19-13-33-36(15-19)21-5-8-31-9-6-21/h1-4,11-13,15,20-21,31H,5-10,14,16H2,(H2,30,32)(H,34,37)/t20-/m1/s1. The van der Waals surface area contributed by atoms with E-state index < -0.39 is 11.7 Å². The summed E-state index contributed by atoms with van der Waals surface area (Å²) in [6.07, 6.45) is 3.62. The van der Waals surface area contributed by atoms with Crippen LogP contribution >= 0.6 is 0 Å². The molecule has 0 unspecified atom stereocenters. The van der Waals surface area contributed by atoms with Gasteiger partial charge in [-0.3, -0.25) is 14.4 Å². The van der Waals surface area contributed by atoms with Gasteiger partial charge in [0.25, 0.3) is 5.91 Å². The number of carbonyl (C=O) groups is 1. The number of alkyl halides is 3. The normalized spacial score (nSPS) is 19.3. The van der Waals surface area contributed by atoms with Crippen LogP contribution in [0.5, 0.6) is 0 Å². The molecule has 2 aromatic heterocycles. The molecule has 0 saturated carbocycles. The molecule has 0 bridgehead atoms. The number of nitrogens with zero attached hydrogens (tertiary/aromatic N) is 4. The van der Waals surface area contributed by atoms with Gasteiger partial charge in [-0.05, 0) is 50.0 Å². The molecule has 4 heterocycles. The van der Waals surface area contributed by atoms with Crippen molar-refractivity contribution in [3.8, 4) is 11.1 Å². The van der Waals surface area contributed by atoms with E-state index in [1.54, 1.807) is 24.5 Å². The second kappa shape index (κ2) is 10.5. The molecule has 5 rings (SSSR count). The van der Waals surface area contributed by atoms with E-state index in [1.807, 2.05) is 15.8 Å². The van der Waals surface area contributed by atoms with Crippen molar-refractivity contribution in [2.75, 3.05) is 31.9 Å². The highest BCUT2D eigenvalue weighted by Crippen LogP contribution is 2.33. The third kappa shape index (κ3) is 5.78. The van der Waals surface area contributed by atoms with Crippen molar-refractivity contribution in [1.29, 1.82) is 0 Å². The van der Waals surface area contributed by atoms with E-state index in [0.29, 0.717) is 25.6 Å². The highest BCUT2D eigenvalue weighted by molar-refractivity contribution is 5.99. The van der Waals surface area contributed by atoms with Gasteiger partial charge in [0.05, 0.1) is 23.4 Å². The van der Waals surface area contributed by atoms with Crippen molar-refractivity contribution in [2.24, 2.45) is 0 Å². The van der Waals surface area contributed by atoms with Crippen molar-refractivity contribution < 1.29 is 18.0 Å². The first-order chi connectivity index (χ1) is 17.8. The molecule has 4 N–H and O–H groups in total. The molecule has 0 spiro atoms. The average Bonchev–Trinajstić information content (AvgIpc) is 3.55. The molecular formula is C26H30F3N7O. The van der Waals surface area contributed by atoms with E-state index in [1.165, 1.54) is 12.1 Å². The second-order valence-corrected chi connectivity index (χ2v) is 9.70. The maximum atomic E-state index is 13.3. The summed E-state index contributed by atoms with van der Waals surface area (Å²) in [4.78, 5) is 19.2. The lowest BCUT2D eigenvalue weighted by Gasteiger charge is -2.22. The number of carbonyl (C=O) groups excluding carboxylic acids is 1. The molecule has 2 fully saturated rings. The van der Waals surface area contributed by atoms with Gasteiger partial charge in [0.15, 0.2) is 0 Å². The minimum Gasteiger partial charge on any atom is -0.383 e. The third-order valence-electron chi connectivity index (χ3n) is 7.11. The van der Waals surface area contributed by atoms with Gasteiger partial charge in [-0.15, -0.1) is 0 Å². The molecule has 0 aliphatic carbocycles. The Balaban J connectivity index is 1.23. The lowest BCUT2D eigenvalue weighted by atomic mass is 10.1. The van der Waals surface area contributed by atoms with Gasteiger partial charge in [0.2, 0.25) is 0 Å². The number of rotatable bonds is 6. The predicted octanol–water partition coefficient (Wildman–Crippen LogP) is 3.47. The monoisotopic (exact) mass is 513 g/mol. The van der Waals surface area contributed by atoms with Gasteiger partial charge in [-0.25, -0.2) is 4.98 Å². The minimum atomic E-state index is -4.40. The molecule has 2 aliphatic heterocycles. The van der Waals surface area contributed by atoms with Gasteiger partial charge < -0.3 is 16.4 Å². The first-order valence-corrected chi connectivity index (χ1v) is 12.5. The van der Waals surface area contributed by atoms with Gasteiger partial charge in [-0.1, -0.05) is 18.2 Å². The number of likely N-dealkylation sites (tertiary alicyclic amines) is 1. The second-order valence-electron chi connectivity index (χ2n) is 9.70. The smallest absolute Gasteiger partial charge is 0.383 e. The Morgan fingerprint density at radius 3 is 2.70 bits per heavy atom. The number of nitrogens with two attached hydrogens (primary N) is 1. The van der Waals surface area contributed by atoms with Crippen molar-refractivity contribution in [3.05, 3.63) is 65.6 Å². The summed E-state index contributed by atoms with van der Waals surface area (Å²) in [7, 11) is 0. The van der Waals surface area contributed by atoms with Crippen LogP contribution in [0.15, 0.2) is 48.9 Å². The van der Waals surface area contributed by atoms with Crippen LogP contribution in [0.1, 0.15) is 46.8 Å². The number of halogens is 3. The molecule has 2 aliphatic rings. The Hall–Kier alpha value is -3.44. The average molecular weight is 514 g/mol. The van der Waals surface area contributed by atoms with Crippen LogP contribution in [0.25, 0.3) is 11.1 Å². The van der Waals surface area contributed by atoms with Crippen LogP contribution in [0.4, 0.5) is 19.0 Å². The number of amides is 1. The highest BCUT2D eigenvalue weighted by Gasteiger charge is 2.34. The Labute approximate surface area is 213 Å². The molecule has 37 heavy (non-hydrogen) atoms. The van der Waals surface area contributed by atoms with Gasteiger partial charge in [-0.2, -0.15) is 18.3 Å². The molecule has 3 aromatic rings.